The lowest BCUT2D eigenvalue weighted by Crippen LogP contribution is -2.24. The highest BCUT2D eigenvalue weighted by molar-refractivity contribution is 6.32. The third-order valence-corrected chi connectivity index (χ3v) is 6.37. The van der Waals surface area contributed by atoms with Crippen molar-refractivity contribution in [3.05, 3.63) is 113 Å². The van der Waals surface area contributed by atoms with Crippen molar-refractivity contribution in [1.29, 1.82) is 0 Å². The van der Waals surface area contributed by atoms with Gasteiger partial charge in [0.25, 0.3) is 0 Å². The number of anilines is 5. The van der Waals surface area contributed by atoms with Gasteiger partial charge in [0.2, 0.25) is 5.91 Å². The first-order valence-electron chi connectivity index (χ1n) is 14.0. The Balaban J connectivity index is 1.25. The molecule has 232 valence electrons. The standard InChI is InChI=1S/C31H33ClN10O3/c1-42(15-17-44-16-13-37-41-33)14-5-9-31(43)40-24-8-4-7-23(18-24)38-29-20-30(36-22-35-29)39-25-10-11-28(27(32)19-25)45-21-26-6-2-3-12-34-26/h2-12,18-20,22H,13-17,21H2,1H3,(H,40,43)(H2,35,36,38,39). The molecule has 4 aromatic rings. The quantitative estimate of drug-likeness (QED) is 0.0398. The Hall–Kier alpha value is -5.20. The molecule has 0 aliphatic heterocycles. The van der Waals surface area contributed by atoms with Crippen molar-refractivity contribution < 1.29 is 14.3 Å². The normalized spacial score (nSPS) is 10.8. The van der Waals surface area contributed by atoms with Crippen molar-refractivity contribution in [2.24, 2.45) is 5.11 Å². The van der Waals surface area contributed by atoms with Crippen LogP contribution in [0, 0.1) is 0 Å². The zero-order valence-corrected chi connectivity index (χ0v) is 25.4. The number of nitrogens with one attached hydrogen (secondary N) is 3. The van der Waals surface area contributed by atoms with Gasteiger partial charge in [-0.15, -0.1) is 0 Å². The molecule has 0 fully saturated rings. The Morgan fingerprint density at radius 1 is 1.00 bits per heavy atom. The van der Waals surface area contributed by atoms with E-state index in [1.165, 1.54) is 12.4 Å². The number of likely N-dealkylation sites (N-methyl/N-ethyl adjacent to an activating group) is 1. The van der Waals surface area contributed by atoms with E-state index in [1.54, 1.807) is 36.5 Å². The fraction of sp³-hybridized carbons (Fsp3) is 0.226. The van der Waals surface area contributed by atoms with Gasteiger partial charge in [0.15, 0.2) is 0 Å². The highest BCUT2D eigenvalue weighted by Crippen LogP contribution is 2.30. The third-order valence-electron chi connectivity index (χ3n) is 6.08. The summed E-state index contributed by atoms with van der Waals surface area (Å²) in [4.78, 5) is 30.0. The van der Waals surface area contributed by atoms with Crippen LogP contribution in [0.5, 0.6) is 5.75 Å². The number of azide groups is 1. The fourth-order valence-electron chi connectivity index (χ4n) is 3.88. The van der Waals surface area contributed by atoms with Gasteiger partial charge in [0, 0.05) is 59.9 Å². The lowest BCUT2D eigenvalue weighted by Gasteiger charge is -2.14. The molecule has 0 spiro atoms. The average molecular weight is 629 g/mol. The predicted octanol–water partition coefficient (Wildman–Crippen LogP) is 6.34. The molecule has 2 heterocycles. The minimum atomic E-state index is -0.244. The molecule has 45 heavy (non-hydrogen) atoms. The molecule has 0 bridgehead atoms. The summed E-state index contributed by atoms with van der Waals surface area (Å²) < 4.78 is 11.2. The number of amides is 1. The van der Waals surface area contributed by atoms with Crippen molar-refractivity contribution in [1.82, 2.24) is 19.9 Å². The second-order valence-electron chi connectivity index (χ2n) is 9.59. The van der Waals surface area contributed by atoms with Gasteiger partial charge in [0.05, 0.1) is 23.9 Å². The summed E-state index contributed by atoms with van der Waals surface area (Å²) in [6, 6.07) is 20.1. The fourth-order valence-corrected chi connectivity index (χ4v) is 4.12. The summed E-state index contributed by atoms with van der Waals surface area (Å²) >= 11 is 6.45. The molecule has 0 saturated heterocycles. The predicted molar refractivity (Wildman–Crippen MR) is 175 cm³/mol. The zero-order valence-electron chi connectivity index (χ0n) is 24.6. The minimum Gasteiger partial charge on any atom is -0.486 e. The molecule has 0 unspecified atom stereocenters. The van der Waals surface area contributed by atoms with Gasteiger partial charge in [0.1, 0.15) is 30.3 Å². The van der Waals surface area contributed by atoms with Gasteiger partial charge < -0.3 is 30.3 Å². The maximum absolute atomic E-state index is 12.4. The number of aromatic nitrogens is 3. The summed E-state index contributed by atoms with van der Waals surface area (Å²) in [7, 11) is 1.92. The van der Waals surface area contributed by atoms with Crippen molar-refractivity contribution in [2.45, 2.75) is 6.61 Å². The van der Waals surface area contributed by atoms with Crippen LogP contribution in [0.2, 0.25) is 5.02 Å². The van der Waals surface area contributed by atoms with E-state index >= 15 is 0 Å². The van der Waals surface area contributed by atoms with E-state index in [4.69, 9.17) is 26.6 Å². The lowest BCUT2D eigenvalue weighted by atomic mass is 10.2. The monoisotopic (exact) mass is 628 g/mol. The van der Waals surface area contributed by atoms with Crippen LogP contribution in [0.25, 0.3) is 10.4 Å². The van der Waals surface area contributed by atoms with Gasteiger partial charge in [-0.05, 0) is 61.1 Å². The molecular formula is C31H33ClN10O3. The number of nitrogens with zero attached hydrogens (tertiary/aromatic N) is 7. The van der Waals surface area contributed by atoms with E-state index in [9.17, 15) is 4.79 Å². The second kappa shape index (κ2) is 17.8. The van der Waals surface area contributed by atoms with Crippen LogP contribution in [0.3, 0.4) is 0 Å². The number of rotatable bonds is 17. The van der Waals surface area contributed by atoms with Gasteiger partial charge in [-0.2, -0.15) is 0 Å². The number of carbonyl (C=O) groups excluding carboxylic acids is 1. The summed E-state index contributed by atoms with van der Waals surface area (Å²) in [6.07, 6.45) is 6.43. The molecule has 0 saturated carbocycles. The number of pyridine rings is 1. The third kappa shape index (κ3) is 11.8. The van der Waals surface area contributed by atoms with Crippen molar-refractivity contribution in [2.75, 3.05) is 55.8 Å². The van der Waals surface area contributed by atoms with E-state index in [-0.39, 0.29) is 5.91 Å². The van der Waals surface area contributed by atoms with Gasteiger partial charge in [-0.25, -0.2) is 9.97 Å². The highest BCUT2D eigenvalue weighted by Gasteiger charge is 2.07. The summed E-state index contributed by atoms with van der Waals surface area (Å²) in [5.41, 5.74) is 11.2. The Labute approximate surface area is 265 Å². The lowest BCUT2D eigenvalue weighted by molar-refractivity contribution is -0.111. The summed E-state index contributed by atoms with van der Waals surface area (Å²) in [5.74, 6) is 1.42. The summed E-state index contributed by atoms with van der Waals surface area (Å²) in [6.45, 7) is 2.77. The second-order valence-corrected chi connectivity index (χ2v) is 10.0. The highest BCUT2D eigenvalue weighted by atomic mass is 35.5. The van der Waals surface area contributed by atoms with Crippen LogP contribution in [-0.2, 0) is 16.1 Å². The van der Waals surface area contributed by atoms with Crippen LogP contribution >= 0.6 is 11.6 Å². The molecule has 14 heteroatoms. The van der Waals surface area contributed by atoms with Crippen LogP contribution in [0.4, 0.5) is 28.7 Å². The Morgan fingerprint density at radius 3 is 2.56 bits per heavy atom. The largest absolute Gasteiger partial charge is 0.486 e. The number of hydrogen-bond donors (Lipinski definition) is 3. The van der Waals surface area contributed by atoms with Crippen LogP contribution < -0.4 is 20.7 Å². The van der Waals surface area contributed by atoms with Gasteiger partial charge in [-0.1, -0.05) is 34.9 Å². The Kier molecular flexibility index (Phi) is 12.9. The molecule has 0 radical (unpaired) electrons. The zero-order chi connectivity index (χ0) is 31.7. The first-order chi connectivity index (χ1) is 22.0. The number of benzene rings is 2. The average Bonchev–Trinajstić information content (AvgIpc) is 3.03. The minimum absolute atomic E-state index is 0.244. The van der Waals surface area contributed by atoms with Crippen molar-refractivity contribution >= 4 is 46.2 Å². The number of hydrogen-bond acceptors (Lipinski definition) is 10. The molecule has 2 aromatic carbocycles. The summed E-state index contributed by atoms with van der Waals surface area (Å²) in [5, 5.41) is 13.2. The SMILES string of the molecule is CN(CC=CC(=O)Nc1cccc(Nc2cc(Nc3ccc(OCc4ccccn4)c(Cl)c3)ncn2)c1)CCOCCN=[N+]=[N-]. The van der Waals surface area contributed by atoms with Crippen molar-refractivity contribution in [3.8, 4) is 5.75 Å². The van der Waals surface area contributed by atoms with E-state index in [2.05, 4.69) is 40.9 Å². The molecule has 1 amide bonds. The topological polar surface area (TPSA) is 162 Å². The maximum Gasteiger partial charge on any atom is 0.248 e. The van der Waals surface area contributed by atoms with E-state index < -0.39 is 0 Å². The first-order valence-corrected chi connectivity index (χ1v) is 14.4. The smallest absolute Gasteiger partial charge is 0.248 e. The number of halogens is 1. The van der Waals surface area contributed by atoms with Crippen LogP contribution in [-0.4, -0.2) is 65.7 Å². The Bertz CT molecular complexity index is 1620. The Morgan fingerprint density at radius 2 is 1.80 bits per heavy atom. The van der Waals surface area contributed by atoms with E-state index in [0.29, 0.717) is 67.6 Å². The van der Waals surface area contributed by atoms with Gasteiger partial charge in [-0.3, -0.25) is 9.78 Å². The molecule has 3 N–H and O–H groups in total. The molecular weight excluding hydrogens is 596 g/mol. The molecule has 2 aromatic heterocycles. The van der Waals surface area contributed by atoms with Crippen LogP contribution in [0.1, 0.15) is 5.69 Å². The first kappa shape index (κ1) is 32.7. The van der Waals surface area contributed by atoms with Crippen LogP contribution in [0.15, 0.2) is 96.5 Å². The number of carbonyl (C=O) groups is 1. The molecule has 13 nitrogen and oxygen atoms in total. The molecule has 4 rings (SSSR count). The van der Waals surface area contributed by atoms with E-state index in [0.717, 1.165) is 17.1 Å². The molecule has 0 aliphatic rings. The molecule has 0 aliphatic carbocycles. The van der Waals surface area contributed by atoms with E-state index in [1.807, 2.05) is 54.4 Å². The number of ether oxygens (including phenoxy) is 2. The van der Waals surface area contributed by atoms with Crippen molar-refractivity contribution in [3.63, 3.8) is 0 Å². The van der Waals surface area contributed by atoms with Gasteiger partial charge >= 0.3 is 0 Å². The maximum atomic E-state index is 12.4. The molecule has 0 atom stereocenters.